The van der Waals surface area contributed by atoms with Gasteiger partial charge in [0.25, 0.3) is 5.91 Å². The zero-order chi connectivity index (χ0) is 13.7. The molecule has 0 bridgehead atoms. The van der Waals surface area contributed by atoms with E-state index in [9.17, 15) is 4.79 Å². The highest BCUT2D eigenvalue weighted by Gasteiger charge is 2.14. The molecular weight excluding hydrogens is 275 g/mol. The summed E-state index contributed by atoms with van der Waals surface area (Å²) in [7, 11) is 0. The minimum absolute atomic E-state index is 0.0991. The number of rotatable bonds is 5. The number of nitrogens with two attached hydrogens (primary N) is 1. The van der Waals surface area contributed by atoms with E-state index in [0.717, 1.165) is 0 Å². The third-order valence-electron chi connectivity index (χ3n) is 2.53. The summed E-state index contributed by atoms with van der Waals surface area (Å²) in [5.74, 6) is -0.131. The average molecular weight is 291 g/mol. The molecule has 0 spiro atoms. The van der Waals surface area contributed by atoms with Crippen molar-refractivity contribution in [1.29, 1.82) is 0 Å². The number of halogens is 2. The van der Waals surface area contributed by atoms with E-state index in [2.05, 4.69) is 5.32 Å². The van der Waals surface area contributed by atoms with Crippen LogP contribution in [-0.4, -0.2) is 24.2 Å². The monoisotopic (exact) mass is 290 g/mol. The van der Waals surface area contributed by atoms with Gasteiger partial charge in [0.15, 0.2) is 0 Å². The lowest BCUT2D eigenvalue weighted by Gasteiger charge is -2.12. The zero-order valence-electron chi connectivity index (χ0n) is 10.0. The Balaban J connectivity index is 2.73. The first-order valence-corrected chi connectivity index (χ1v) is 6.35. The second kappa shape index (κ2) is 6.83. The fourth-order valence-electron chi connectivity index (χ4n) is 1.46. The first-order valence-electron chi connectivity index (χ1n) is 5.59. The van der Waals surface area contributed by atoms with Crippen LogP contribution in [0.25, 0.3) is 0 Å². The van der Waals surface area contributed by atoms with Crippen molar-refractivity contribution in [1.82, 2.24) is 5.32 Å². The molecule has 1 aromatic carbocycles. The van der Waals surface area contributed by atoms with Crippen molar-refractivity contribution in [3.05, 3.63) is 27.7 Å². The van der Waals surface area contributed by atoms with Crippen LogP contribution in [0.15, 0.2) is 12.1 Å². The van der Waals surface area contributed by atoms with Crippen LogP contribution in [0.4, 0.5) is 5.69 Å². The Hall–Kier alpha value is -0.970. The summed E-state index contributed by atoms with van der Waals surface area (Å²) < 4.78 is 0. The number of carbonyl (C=O) groups excluding carboxylic acids is 1. The zero-order valence-corrected chi connectivity index (χ0v) is 11.6. The fraction of sp³-hybridized carbons (Fsp3) is 0.417. The summed E-state index contributed by atoms with van der Waals surface area (Å²) in [6.07, 6.45) is 0.631. The van der Waals surface area contributed by atoms with Gasteiger partial charge < -0.3 is 16.2 Å². The summed E-state index contributed by atoms with van der Waals surface area (Å²) in [4.78, 5) is 11.9. The Bertz CT molecular complexity index is 438. The summed E-state index contributed by atoms with van der Waals surface area (Å²) in [6.45, 7) is 2.49. The van der Waals surface area contributed by atoms with E-state index in [4.69, 9.17) is 34.0 Å². The van der Waals surface area contributed by atoms with Crippen molar-refractivity contribution in [3.63, 3.8) is 0 Å². The first-order chi connectivity index (χ1) is 8.45. The lowest BCUT2D eigenvalue weighted by Crippen LogP contribution is -2.29. The van der Waals surface area contributed by atoms with Gasteiger partial charge in [-0.25, -0.2) is 0 Å². The molecule has 1 unspecified atom stereocenters. The molecule has 0 aliphatic carbocycles. The molecule has 0 aromatic heterocycles. The molecule has 6 heteroatoms. The van der Waals surface area contributed by atoms with Crippen LogP contribution in [-0.2, 0) is 0 Å². The maximum absolute atomic E-state index is 11.9. The fourth-order valence-corrected chi connectivity index (χ4v) is 1.88. The molecule has 0 heterocycles. The predicted octanol–water partition coefficient (Wildman–Crippen LogP) is 2.32. The highest BCUT2D eigenvalue weighted by molar-refractivity contribution is 6.44. The number of anilines is 1. The third kappa shape index (κ3) is 4.05. The molecule has 1 rings (SSSR count). The van der Waals surface area contributed by atoms with Crippen LogP contribution in [0.1, 0.15) is 23.7 Å². The number of aliphatic hydroxyl groups is 1. The van der Waals surface area contributed by atoms with Gasteiger partial charge in [-0.2, -0.15) is 0 Å². The van der Waals surface area contributed by atoms with Gasteiger partial charge in [-0.1, -0.05) is 30.1 Å². The number of nitrogen functional groups attached to an aromatic ring is 1. The Morgan fingerprint density at radius 2 is 2.17 bits per heavy atom. The molecule has 0 aliphatic rings. The van der Waals surface area contributed by atoms with Crippen molar-refractivity contribution >= 4 is 34.8 Å². The Morgan fingerprint density at radius 3 is 2.78 bits per heavy atom. The van der Waals surface area contributed by atoms with Crippen LogP contribution in [0.5, 0.6) is 0 Å². The first kappa shape index (κ1) is 15.1. The van der Waals surface area contributed by atoms with Gasteiger partial charge in [0.2, 0.25) is 0 Å². The molecule has 1 atom stereocenters. The van der Waals surface area contributed by atoms with E-state index in [1.807, 2.05) is 6.92 Å². The van der Waals surface area contributed by atoms with Crippen LogP contribution in [0.3, 0.4) is 0 Å². The highest BCUT2D eigenvalue weighted by atomic mass is 35.5. The van der Waals surface area contributed by atoms with Gasteiger partial charge in [-0.3, -0.25) is 4.79 Å². The van der Waals surface area contributed by atoms with Crippen LogP contribution < -0.4 is 11.1 Å². The molecule has 0 saturated carbocycles. The lowest BCUT2D eigenvalue weighted by molar-refractivity contribution is 0.0945. The summed E-state index contributed by atoms with van der Waals surface area (Å²) in [5, 5.41) is 11.9. The van der Waals surface area contributed by atoms with E-state index in [1.165, 1.54) is 12.1 Å². The Morgan fingerprint density at radius 1 is 1.50 bits per heavy atom. The predicted molar refractivity (Wildman–Crippen MR) is 74.1 cm³/mol. The number of amides is 1. The number of nitrogens with one attached hydrogen (secondary N) is 1. The quantitative estimate of drug-likeness (QED) is 0.729. The summed E-state index contributed by atoms with van der Waals surface area (Å²) in [6, 6.07) is 2.98. The molecule has 0 fully saturated rings. The average Bonchev–Trinajstić information content (AvgIpc) is 2.31. The Kier molecular flexibility index (Phi) is 5.72. The number of benzene rings is 1. The second-order valence-corrected chi connectivity index (χ2v) is 4.98. The van der Waals surface area contributed by atoms with E-state index in [0.29, 0.717) is 18.7 Å². The smallest absolute Gasteiger partial charge is 0.252 e. The minimum atomic E-state index is -0.320. The van der Waals surface area contributed by atoms with E-state index in [-0.39, 0.29) is 34.0 Å². The van der Waals surface area contributed by atoms with Gasteiger partial charge in [-0.05, 0) is 24.5 Å². The van der Waals surface area contributed by atoms with Gasteiger partial charge in [-0.15, -0.1) is 0 Å². The molecule has 0 aliphatic heterocycles. The molecule has 100 valence electrons. The van der Waals surface area contributed by atoms with E-state index < -0.39 is 0 Å². The van der Waals surface area contributed by atoms with Crippen molar-refractivity contribution in [2.24, 2.45) is 5.92 Å². The summed E-state index contributed by atoms with van der Waals surface area (Å²) in [5.41, 5.74) is 6.26. The SMILES string of the molecule is CC(CCO)CNC(=O)c1cc(N)cc(Cl)c1Cl. The molecule has 0 radical (unpaired) electrons. The number of hydrogen-bond donors (Lipinski definition) is 3. The maximum atomic E-state index is 11.9. The van der Waals surface area contributed by atoms with Gasteiger partial charge in [0, 0.05) is 18.8 Å². The largest absolute Gasteiger partial charge is 0.399 e. The minimum Gasteiger partial charge on any atom is -0.399 e. The molecule has 18 heavy (non-hydrogen) atoms. The third-order valence-corrected chi connectivity index (χ3v) is 3.33. The maximum Gasteiger partial charge on any atom is 0.252 e. The molecule has 4 nitrogen and oxygen atoms in total. The summed E-state index contributed by atoms with van der Waals surface area (Å²) >= 11 is 11.8. The Labute approximate surface area is 116 Å². The molecular formula is C12H16Cl2N2O2. The van der Waals surface area contributed by atoms with Crippen molar-refractivity contribution < 1.29 is 9.90 Å². The number of carbonyl (C=O) groups is 1. The lowest BCUT2D eigenvalue weighted by atomic mass is 10.1. The van der Waals surface area contributed by atoms with Crippen molar-refractivity contribution in [3.8, 4) is 0 Å². The number of hydrogen-bond acceptors (Lipinski definition) is 3. The van der Waals surface area contributed by atoms with Crippen molar-refractivity contribution in [2.45, 2.75) is 13.3 Å². The second-order valence-electron chi connectivity index (χ2n) is 4.19. The van der Waals surface area contributed by atoms with Gasteiger partial charge in [0.1, 0.15) is 0 Å². The van der Waals surface area contributed by atoms with E-state index in [1.54, 1.807) is 0 Å². The van der Waals surface area contributed by atoms with Crippen LogP contribution in [0, 0.1) is 5.92 Å². The van der Waals surface area contributed by atoms with E-state index >= 15 is 0 Å². The van der Waals surface area contributed by atoms with Gasteiger partial charge in [0.05, 0.1) is 15.6 Å². The topological polar surface area (TPSA) is 75.3 Å². The number of aliphatic hydroxyl groups excluding tert-OH is 1. The van der Waals surface area contributed by atoms with Crippen LogP contribution >= 0.6 is 23.2 Å². The van der Waals surface area contributed by atoms with Crippen molar-refractivity contribution in [2.75, 3.05) is 18.9 Å². The van der Waals surface area contributed by atoms with Gasteiger partial charge >= 0.3 is 0 Å². The molecule has 1 amide bonds. The molecule has 0 saturated heterocycles. The van der Waals surface area contributed by atoms with Crippen LogP contribution in [0.2, 0.25) is 10.0 Å². The molecule has 1 aromatic rings. The standard InChI is InChI=1S/C12H16Cl2N2O2/c1-7(2-3-17)6-16-12(18)9-4-8(15)5-10(13)11(9)14/h4-5,7,17H,2-3,6,15H2,1H3,(H,16,18). The highest BCUT2D eigenvalue weighted by Crippen LogP contribution is 2.28. The molecule has 4 N–H and O–H groups in total. The normalized spacial score (nSPS) is 12.2.